The molecule has 9 nitrogen and oxygen atoms in total. The van der Waals surface area contributed by atoms with Crippen molar-refractivity contribution in [3.8, 4) is 11.3 Å². The standard InChI is InChI=1S/C16H16N2O7/c1-3-23-15(19)11-12(16(20)24-4-2)14(17)25-13(11)9-6-5-7-10(8-9)18(21)22/h5-8H,3-4,17H2,1-2H3. The summed E-state index contributed by atoms with van der Waals surface area (Å²) >= 11 is 0. The quantitative estimate of drug-likeness (QED) is 0.478. The molecular formula is C16H16N2O7. The molecule has 2 rings (SSSR count). The van der Waals surface area contributed by atoms with Crippen molar-refractivity contribution in [2.45, 2.75) is 13.8 Å². The fourth-order valence-corrected chi connectivity index (χ4v) is 2.22. The third kappa shape index (κ3) is 3.60. The van der Waals surface area contributed by atoms with Crippen LogP contribution in [0.5, 0.6) is 0 Å². The molecule has 1 aromatic heterocycles. The molecule has 1 heterocycles. The maximum Gasteiger partial charge on any atom is 0.344 e. The molecule has 0 aliphatic carbocycles. The molecule has 0 bridgehead atoms. The number of benzene rings is 1. The van der Waals surface area contributed by atoms with Crippen LogP contribution < -0.4 is 5.73 Å². The fourth-order valence-electron chi connectivity index (χ4n) is 2.22. The van der Waals surface area contributed by atoms with Crippen LogP contribution in [-0.4, -0.2) is 30.1 Å². The number of hydrogen-bond acceptors (Lipinski definition) is 8. The lowest BCUT2D eigenvalue weighted by molar-refractivity contribution is -0.384. The van der Waals surface area contributed by atoms with Gasteiger partial charge in [0.25, 0.3) is 5.69 Å². The molecule has 9 heteroatoms. The number of ether oxygens (including phenoxy) is 2. The Bertz CT molecular complexity index is 826. The highest BCUT2D eigenvalue weighted by Crippen LogP contribution is 2.35. The van der Waals surface area contributed by atoms with Crippen LogP contribution in [0.3, 0.4) is 0 Å². The van der Waals surface area contributed by atoms with Crippen molar-refractivity contribution in [2.75, 3.05) is 18.9 Å². The minimum absolute atomic E-state index is 0.0561. The SMILES string of the molecule is CCOC(=O)c1c(N)oc(-c2cccc([N+](=O)[O-])c2)c1C(=O)OCC. The third-order valence-corrected chi connectivity index (χ3v) is 3.21. The summed E-state index contributed by atoms with van der Waals surface area (Å²) in [6.45, 7) is 3.32. The molecule has 0 saturated carbocycles. The predicted octanol–water partition coefficient (Wildman–Crippen LogP) is 2.79. The molecule has 0 aliphatic rings. The second kappa shape index (κ2) is 7.47. The number of hydrogen-bond donors (Lipinski definition) is 1. The van der Waals surface area contributed by atoms with Crippen LogP contribution in [0.25, 0.3) is 11.3 Å². The molecule has 25 heavy (non-hydrogen) atoms. The number of furan rings is 1. The summed E-state index contributed by atoms with van der Waals surface area (Å²) in [5.74, 6) is -2.11. The van der Waals surface area contributed by atoms with Crippen molar-refractivity contribution in [2.24, 2.45) is 0 Å². The van der Waals surface area contributed by atoms with Gasteiger partial charge >= 0.3 is 11.9 Å². The number of esters is 2. The zero-order chi connectivity index (χ0) is 18.6. The van der Waals surface area contributed by atoms with Gasteiger partial charge in [0.1, 0.15) is 11.1 Å². The molecule has 0 unspecified atom stereocenters. The topological polar surface area (TPSA) is 135 Å². The molecule has 0 spiro atoms. The van der Waals surface area contributed by atoms with E-state index in [2.05, 4.69) is 0 Å². The highest BCUT2D eigenvalue weighted by atomic mass is 16.6. The highest BCUT2D eigenvalue weighted by molar-refractivity contribution is 6.10. The molecule has 0 radical (unpaired) electrons. The van der Waals surface area contributed by atoms with Crippen LogP contribution in [0.2, 0.25) is 0 Å². The van der Waals surface area contributed by atoms with E-state index in [1.807, 2.05) is 0 Å². The van der Waals surface area contributed by atoms with Crippen molar-refractivity contribution in [3.05, 3.63) is 45.5 Å². The Morgan fingerprint density at radius 1 is 1.16 bits per heavy atom. The van der Waals surface area contributed by atoms with Gasteiger partial charge in [-0.15, -0.1) is 0 Å². The Kier molecular flexibility index (Phi) is 5.38. The van der Waals surface area contributed by atoms with Gasteiger partial charge in [0, 0.05) is 17.7 Å². The lowest BCUT2D eigenvalue weighted by Gasteiger charge is -2.05. The number of nitrogen functional groups attached to an aromatic ring is 1. The van der Waals surface area contributed by atoms with Crippen molar-refractivity contribution in [1.82, 2.24) is 0 Å². The van der Waals surface area contributed by atoms with Gasteiger partial charge in [-0.3, -0.25) is 10.1 Å². The van der Waals surface area contributed by atoms with E-state index >= 15 is 0 Å². The van der Waals surface area contributed by atoms with E-state index in [0.29, 0.717) is 0 Å². The molecule has 132 valence electrons. The van der Waals surface area contributed by atoms with Crippen LogP contribution in [0.4, 0.5) is 11.6 Å². The van der Waals surface area contributed by atoms with Gasteiger partial charge in [-0.2, -0.15) is 0 Å². The Morgan fingerprint density at radius 3 is 2.32 bits per heavy atom. The predicted molar refractivity (Wildman–Crippen MR) is 87.1 cm³/mol. The number of nitro benzene ring substituents is 1. The number of nitrogens with two attached hydrogens (primary N) is 1. The largest absolute Gasteiger partial charge is 0.462 e. The molecule has 0 fully saturated rings. The van der Waals surface area contributed by atoms with Crippen molar-refractivity contribution < 1.29 is 28.4 Å². The van der Waals surface area contributed by atoms with E-state index in [0.717, 1.165) is 0 Å². The second-order valence-corrected chi connectivity index (χ2v) is 4.79. The first kappa shape index (κ1) is 18.0. The smallest absolute Gasteiger partial charge is 0.344 e. The van der Waals surface area contributed by atoms with Gasteiger partial charge in [-0.1, -0.05) is 12.1 Å². The maximum absolute atomic E-state index is 12.3. The number of non-ortho nitro benzene ring substituents is 1. The summed E-state index contributed by atoms with van der Waals surface area (Å²) in [6, 6.07) is 5.40. The summed E-state index contributed by atoms with van der Waals surface area (Å²) in [7, 11) is 0. The average molecular weight is 348 g/mol. The van der Waals surface area contributed by atoms with E-state index in [1.165, 1.54) is 24.3 Å². The van der Waals surface area contributed by atoms with Gasteiger partial charge in [0.2, 0.25) is 5.88 Å². The number of rotatable bonds is 6. The molecule has 0 saturated heterocycles. The fraction of sp³-hybridized carbons (Fsp3) is 0.250. The Labute approximate surface area is 142 Å². The van der Waals surface area contributed by atoms with Crippen LogP contribution in [-0.2, 0) is 9.47 Å². The molecule has 1 aromatic carbocycles. The lowest BCUT2D eigenvalue weighted by Crippen LogP contribution is -2.14. The monoisotopic (exact) mass is 348 g/mol. The van der Waals surface area contributed by atoms with Gasteiger partial charge in [0.15, 0.2) is 5.76 Å². The summed E-state index contributed by atoms with van der Waals surface area (Å²) < 4.78 is 15.2. The Morgan fingerprint density at radius 2 is 1.76 bits per heavy atom. The number of carbonyl (C=O) groups is 2. The Balaban J connectivity index is 2.67. The average Bonchev–Trinajstić information content (AvgIpc) is 2.93. The molecule has 2 N–H and O–H groups in total. The van der Waals surface area contributed by atoms with Crippen LogP contribution in [0.15, 0.2) is 28.7 Å². The van der Waals surface area contributed by atoms with E-state index < -0.39 is 16.9 Å². The maximum atomic E-state index is 12.3. The molecule has 0 aliphatic heterocycles. The first-order valence-corrected chi connectivity index (χ1v) is 7.42. The first-order valence-electron chi connectivity index (χ1n) is 7.42. The Hall–Kier alpha value is -3.36. The van der Waals surface area contributed by atoms with E-state index in [-0.39, 0.29) is 47.2 Å². The summed E-state index contributed by atoms with van der Waals surface area (Å²) in [6.07, 6.45) is 0. The zero-order valence-electron chi connectivity index (χ0n) is 13.6. The number of anilines is 1. The zero-order valence-corrected chi connectivity index (χ0v) is 13.6. The summed E-state index contributed by atoms with van der Waals surface area (Å²) in [5, 5.41) is 11.0. The lowest BCUT2D eigenvalue weighted by atomic mass is 10.0. The number of nitro groups is 1. The van der Waals surface area contributed by atoms with E-state index in [1.54, 1.807) is 13.8 Å². The molecule has 2 aromatic rings. The van der Waals surface area contributed by atoms with Crippen molar-refractivity contribution in [1.29, 1.82) is 0 Å². The van der Waals surface area contributed by atoms with Gasteiger partial charge in [-0.05, 0) is 13.8 Å². The van der Waals surface area contributed by atoms with Gasteiger partial charge in [-0.25, -0.2) is 9.59 Å². The minimum Gasteiger partial charge on any atom is -0.462 e. The van der Waals surface area contributed by atoms with Crippen molar-refractivity contribution in [3.63, 3.8) is 0 Å². The highest BCUT2D eigenvalue weighted by Gasteiger charge is 2.32. The van der Waals surface area contributed by atoms with Crippen molar-refractivity contribution >= 4 is 23.5 Å². The van der Waals surface area contributed by atoms with Crippen LogP contribution >= 0.6 is 0 Å². The molecule has 0 amide bonds. The van der Waals surface area contributed by atoms with Crippen LogP contribution in [0, 0.1) is 10.1 Å². The molecular weight excluding hydrogens is 332 g/mol. The van der Waals surface area contributed by atoms with E-state index in [9.17, 15) is 19.7 Å². The number of carbonyl (C=O) groups excluding carboxylic acids is 2. The molecule has 0 atom stereocenters. The normalized spacial score (nSPS) is 10.3. The van der Waals surface area contributed by atoms with Crippen LogP contribution in [0.1, 0.15) is 34.6 Å². The van der Waals surface area contributed by atoms with Gasteiger partial charge in [0.05, 0.1) is 18.1 Å². The second-order valence-electron chi connectivity index (χ2n) is 4.79. The summed E-state index contributed by atoms with van der Waals surface area (Å²) in [5.41, 5.74) is 5.25. The van der Waals surface area contributed by atoms with E-state index in [4.69, 9.17) is 19.6 Å². The first-order chi connectivity index (χ1) is 11.9. The third-order valence-electron chi connectivity index (χ3n) is 3.21. The number of nitrogens with zero attached hydrogens (tertiary/aromatic N) is 1. The minimum atomic E-state index is -0.844. The van der Waals surface area contributed by atoms with Gasteiger partial charge < -0.3 is 19.6 Å². The summed E-state index contributed by atoms with van der Waals surface area (Å²) in [4.78, 5) is 34.8.